The van der Waals surface area contributed by atoms with E-state index in [-0.39, 0.29) is 15.7 Å². The van der Waals surface area contributed by atoms with Gasteiger partial charge in [0, 0.05) is 34.6 Å². The first-order valence-corrected chi connectivity index (χ1v) is 16.0. The van der Waals surface area contributed by atoms with Crippen LogP contribution in [0.5, 0.6) is 0 Å². The normalized spacial score (nSPS) is 11.6. The Morgan fingerprint density at radius 2 is 1.35 bits per heavy atom. The van der Waals surface area contributed by atoms with Crippen LogP contribution >= 0.6 is 11.8 Å². The molecule has 0 aliphatic heterocycles. The molecule has 0 fully saturated rings. The molecule has 0 unspecified atom stereocenters. The number of nitrogens with one attached hydrogen (secondary N) is 2. The summed E-state index contributed by atoms with van der Waals surface area (Å²) >= 11 is 1.52. The SMILES string of the molecule is CSc1ccc(S(=O)(=O)N(C)c2ccc(C(=O)Nc3ccc(S(=O)(=O)Nc4nc(C)cc(C)n4)cc3)cc2)cc1. The highest BCUT2D eigenvalue weighted by molar-refractivity contribution is 7.98. The highest BCUT2D eigenvalue weighted by Crippen LogP contribution is 2.25. The number of carbonyl (C=O) groups is 1. The summed E-state index contributed by atoms with van der Waals surface area (Å²) in [6.45, 7) is 3.48. The standard InChI is InChI=1S/C27H27N5O5S3/c1-18-17-19(2)29-27(28-18)31-39(34,35)24-13-7-21(8-14-24)30-26(33)20-5-9-22(10-6-20)32(3)40(36,37)25-15-11-23(38-4)12-16-25/h5-17H,1-4H3,(H,30,33)(H,28,29,31). The summed E-state index contributed by atoms with van der Waals surface area (Å²) in [5.74, 6) is -0.465. The second-order valence-electron chi connectivity index (χ2n) is 8.75. The number of aryl methyl sites for hydroxylation is 2. The summed E-state index contributed by atoms with van der Waals surface area (Å²) in [4.78, 5) is 22.0. The van der Waals surface area contributed by atoms with Gasteiger partial charge in [-0.3, -0.25) is 9.10 Å². The van der Waals surface area contributed by atoms with E-state index in [2.05, 4.69) is 20.0 Å². The number of thioether (sulfide) groups is 1. The fourth-order valence-electron chi connectivity index (χ4n) is 3.74. The molecule has 0 aliphatic rings. The molecule has 0 bridgehead atoms. The number of benzene rings is 3. The smallest absolute Gasteiger partial charge is 0.264 e. The molecule has 4 rings (SSSR count). The van der Waals surface area contributed by atoms with Gasteiger partial charge in [0.2, 0.25) is 5.95 Å². The Labute approximate surface area is 238 Å². The van der Waals surface area contributed by atoms with Gasteiger partial charge in [-0.1, -0.05) is 0 Å². The van der Waals surface area contributed by atoms with Crippen molar-refractivity contribution < 1.29 is 21.6 Å². The van der Waals surface area contributed by atoms with Gasteiger partial charge in [0.25, 0.3) is 26.0 Å². The molecular formula is C27H27N5O5S3. The fraction of sp³-hybridized carbons (Fsp3) is 0.148. The Bertz CT molecular complexity index is 1720. The van der Waals surface area contributed by atoms with E-state index >= 15 is 0 Å². The predicted molar refractivity (Wildman–Crippen MR) is 157 cm³/mol. The Balaban J connectivity index is 1.42. The van der Waals surface area contributed by atoms with Crippen LogP contribution in [0.2, 0.25) is 0 Å². The lowest BCUT2D eigenvalue weighted by atomic mass is 10.2. The van der Waals surface area contributed by atoms with E-state index in [1.165, 1.54) is 55.2 Å². The topological polar surface area (TPSA) is 138 Å². The average Bonchev–Trinajstić information content (AvgIpc) is 2.92. The fourth-order valence-corrected chi connectivity index (χ4v) is 6.29. The number of carbonyl (C=O) groups excluding carboxylic acids is 1. The van der Waals surface area contributed by atoms with Gasteiger partial charge in [-0.15, -0.1) is 11.8 Å². The zero-order chi connectivity index (χ0) is 29.1. The largest absolute Gasteiger partial charge is 0.322 e. The second-order valence-corrected chi connectivity index (χ2v) is 13.3. The maximum Gasteiger partial charge on any atom is 0.264 e. The molecule has 0 saturated carbocycles. The number of amides is 1. The van der Waals surface area contributed by atoms with Crippen molar-refractivity contribution in [3.63, 3.8) is 0 Å². The molecule has 0 radical (unpaired) electrons. The van der Waals surface area contributed by atoms with E-state index in [1.807, 2.05) is 6.26 Å². The summed E-state index contributed by atoms with van der Waals surface area (Å²) in [5.41, 5.74) is 2.32. The predicted octanol–water partition coefficient (Wildman–Crippen LogP) is 4.69. The summed E-state index contributed by atoms with van der Waals surface area (Å²) < 4.78 is 55.0. The lowest BCUT2D eigenvalue weighted by molar-refractivity contribution is 0.102. The molecule has 1 heterocycles. The minimum Gasteiger partial charge on any atom is -0.322 e. The van der Waals surface area contributed by atoms with Crippen molar-refractivity contribution in [2.75, 3.05) is 27.6 Å². The quantitative estimate of drug-likeness (QED) is 0.265. The molecular weight excluding hydrogens is 571 g/mol. The van der Waals surface area contributed by atoms with Crippen molar-refractivity contribution in [2.24, 2.45) is 0 Å². The van der Waals surface area contributed by atoms with E-state index in [4.69, 9.17) is 0 Å². The Kier molecular flexibility index (Phi) is 8.47. The third kappa shape index (κ3) is 6.61. The van der Waals surface area contributed by atoms with Crippen LogP contribution in [0.15, 0.2) is 93.5 Å². The van der Waals surface area contributed by atoms with E-state index in [1.54, 1.807) is 56.3 Å². The van der Waals surface area contributed by atoms with Crippen LogP contribution in [0.25, 0.3) is 0 Å². The zero-order valence-corrected chi connectivity index (χ0v) is 24.6. The summed E-state index contributed by atoms with van der Waals surface area (Å²) in [6.07, 6.45) is 1.91. The molecule has 10 nitrogen and oxygen atoms in total. The molecule has 2 N–H and O–H groups in total. The number of hydrogen-bond donors (Lipinski definition) is 2. The van der Waals surface area contributed by atoms with Crippen LogP contribution in [0.3, 0.4) is 0 Å². The van der Waals surface area contributed by atoms with Crippen LogP contribution in [0, 0.1) is 13.8 Å². The number of aromatic nitrogens is 2. The van der Waals surface area contributed by atoms with Crippen LogP contribution in [-0.2, 0) is 20.0 Å². The molecule has 40 heavy (non-hydrogen) atoms. The monoisotopic (exact) mass is 597 g/mol. The highest BCUT2D eigenvalue weighted by atomic mass is 32.2. The van der Waals surface area contributed by atoms with Gasteiger partial charge in [-0.05, 0) is 99.0 Å². The van der Waals surface area contributed by atoms with Crippen molar-refractivity contribution >= 4 is 55.0 Å². The maximum absolute atomic E-state index is 13.0. The van der Waals surface area contributed by atoms with Gasteiger partial charge in [-0.25, -0.2) is 31.5 Å². The van der Waals surface area contributed by atoms with Crippen LogP contribution in [0.4, 0.5) is 17.3 Å². The lowest BCUT2D eigenvalue weighted by Crippen LogP contribution is -2.26. The lowest BCUT2D eigenvalue weighted by Gasteiger charge is -2.20. The summed E-state index contributed by atoms with van der Waals surface area (Å²) in [6, 6.07) is 20.1. The van der Waals surface area contributed by atoms with Crippen molar-refractivity contribution in [1.82, 2.24) is 9.97 Å². The molecule has 1 amide bonds. The van der Waals surface area contributed by atoms with Gasteiger partial charge in [0.1, 0.15) is 0 Å². The van der Waals surface area contributed by atoms with Gasteiger partial charge in [0.05, 0.1) is 15.5 Å². The molecule has 0 aliphatic carbocycles. The van der Waals surface area contributed by atoms with Crippen molar-refractivity contribution in [3.05, 3.63) is 95.8 Å². The van der Waals surface area contributed by atoms with Crippen molar-refractivity contribution in [3.8, 4) is 0 Å². The summed E-state index contributed by atoms with van der Waals surface area (Å²) in [7, 11) is -6.27. The molecule has 3 aromatic carbocycles. The maximum atomic E-state index is 13.0. The van der Waals surface area contributed by atoms with E-state index in [9.17, 15) is 21.6 Å². The van der Waals surface area contributed by atoms with E-state index in [0.717, 1.165) is 9.20 Å². The molecule has 4 aromatic rings. The van der Waals surface area contributed by atoms with E-state index in [0.29, 0.717) is 28.3 Å². The Morgan fingerprint density at radius 3 is 1.90 bits per heavy atom. The zero-order valence-electron chi connectivity index (χ0n) is 22.1. The molecule has 208 valence electrons. The Morgan fingerprint density at radius 1 is 0.800 bits per heavy atom. The Hall–Kier alpha value is -3.94. The average molecular weight is 598 g/mol. The first kappa shape index (κ1) is 29.1. The van der Waals surface area contributed by atoms with Crippen molar-refractivity contribution in [1.29, 1.82) is 0 Å². The molecule has 0 spiro atoms. The molecule has 1 aromatic heterocycles. The third-order valence-corrected chi connectivity index (χ3v) is 9.73. The number of anilines is 3. The number of sulfonamides is 2. The molecule has 13 heteroatoms. The number of rotatable bonds is 9. The first-order chi connectivity index (χ1) is 18.9. The summed E-state index contributed by atoms with van der Waals surface area (Å²) in [5, 5.41) is 2.70. The van der Waals surface area contributed by atoms with Crippen LogP contribution in [0.1, 0.15) is 21.7 Å². The van der Waals surface area contributed by atoms with Gasteiger partial charge in [0.15, 0.2) is 0 Å². The van der Waals surface area contributed by atoms with Gasteiger partial charge in [-0.2, -0.15) is 0 Å². The van der Waals surface area contributed by atoms with Gasteiger partial charge < -0.3 is 5.32 Å². The molecule has 0 atom stereocenters. The molecule has 0 saturated heterocycles. The minimum atomic E-state index is -3.94. The third-order valence-electron chi connectivity index (χ3n) is 5.84. The second kappa shape index (κ2) is 11.7. The van der Waals surface area contributed by atoms with Crippen LogP contribution in [-0.4, -0.2) is 46.0 Å². The minimum absolute atomic E-state index is 0.0229. The number of hydrogen-bond acceptors (Lipinski definition) is 8. The highest BCUT2D eigenvalue weighted by Gasteiger charge is 2.22. The van der Waals surface area contributed by atoms with Crippen molar-refractivity contribution in [2.45, 2.75) is 28.5 Å². The van der Waals surface area contributed by atoms with Crippen LogP contribution < -0.4 is 14.3 Å². The van der Waals surface area contributed by atoms with Gasteiger partial charge >= 0.3 is 0 Å². The van der Waals surface area contributed by atoms with E-state index < -0.39 is 26.0 Å². The first-order valence-electron chi connectivity index (χ1n) is 11.9. The number of nitrogens with zero attached hydrogens (tertiary/aromatic N) is 3.